The third kappa shape index (κ3) is 4.00. The van der Waals surface area contributed by atoms with Gasteiger partial charge in [0.2, 0.25) is 0 Å². The number of hydrogen-bond acceptors (Lipinski definition) is 3. The Morgan fingerprint density at radius 1 is 1.45 bits per heavy atom. The van der Waals surface area contributed by atoms with Crippen LogP contribution in [-0.4, -0.2) is 24.8 Å². The number of rotatable bonds is 2. The minimum absolute atomic E-state index is 0.413. The molecule has 1 N–H and O–H groups in total. The number of carbonyl (C=O) groups excluding carboxylic acids is 1. The molecule has 5 heteroatoms. The molecule has 20 heavy (non-hydrogen) atoms. The van der Waals surface area contributed by atoms with Crippen LogP contribution in [0.4, 0.5) is 4.79 Å². The van der Waals surface area contributed by atoms with E-state index in [0.29, 0.717) is 13.2 Å². The van der Waals surface area contributed by atoms with Crippen LogP contribution in [-0.2, 0) is 4.74 Å². The van der Waals surface area contributed by atoms with E-state index in [1.807, 2.05) is 45.0 Å². The van der Waals surface area contributed by atoms with E-state index < -0.39 is 11.7 Å². The van der Waals surface area contributed by atoms with Crippen LogP contribution in [0.5, 0.6) is 5.75 Å². The third-order valence-corrected chi connectivity index (χ3v) is 3.17. The summed E-state index contributed by atoms with van der Waals surface area (Å²) in [5, 5.41) is 2.77. The van der Waals surface area contributed by atoms with Crippen LogP contribution in [0.25, 0.3) is 5.57 Å². The molecule has 1 amide bonds. The molecule has 1 aliphatic heterocycles. The Kier molecular flexibility index (Phi) is 4.38. The number of halogens is 1. The van der Waals surface area contributed by atoms with Gasteiger partial charge >= 0.3 is 6.09 Å². The van der Waals surface area contributed by atoms with Gasteiger partial charge in [-0.2, -0.15) is 0 Å². The lowest BCUT2D eigenvalue weighted by atomic mass is 10.0. The second-order valence-electron chi connectivity index (χ2n) is 5.54. The van der Waals surface area contributed by atoms with E-state index in [-0.39, 0.29) is 0 Å². The Labute approximate surface area is 127 Å². The van der Waals surface area contributed by atoms with Crippen molar-refractivity contribution in [2.45, 2.75) is 26.4 Å². The van der Waals surface area contributed by atoms with E-state index in [4.69, 9.17) is 9.47 Å². The molecule has 0 fully saturated rings. The predicted molar refractivity (Wildman–Crippen MR) is 81.9 cm³/mol. The minimum atomic E-state index is -0.489. The largest absolute Gasteiger partial charge is 0.489 e. The standard InChI is InChI=1S/C15H18BrNO3/c1-15(2,3)20-14(18)17-9-10-6-7-19-13-8-11(16)4-5-12(10)13/h4-6,8H,7,9H2,1-3H3,(H,17,18). The maximum Gasteiger partial charge on any atom is 0.407 e. The average molecular weight is 340 g/mol. The number of fused-ring (bicyclic) bond motifs is 1. The van der Waals surface area contributed by atoms with Crippen molar-refractivity contribution >= 4 is 27.6 Å². The van der Waals surface area contributed by atoms with Gasteiger partial charge in [0, 0.05) is 16.6 Å². The summed E-state index contributed by atoms with van der Waals surface area (Å²) < 4.78 is 11.8. The maximum atomic E-state index is 11.7. The van der Waals surface area contributed by atoms with Gasteiger partial charge in [-0.1, -0.05) is 15.9 Å². The van der Waals surface area contributed by atoms with Crippen molar-refractivity contribution in [3.8, 4) is 5.75 Å². The van der Waals surface area contributed by atoms with E-state index in [2.05, 4.69) is 21.2 Å². The topological polar surface area (TPSA) is 47.6 Å². The summed E-state index contributed by atoms with van der Waals surface area (Å²) in [5.41, 5.74) is 1.54. The van der Waals surface area contributed by atoms with Crippen molar-refractivity contribution in [3.63, 3.8) is 0 Å². The van der Waals surface area contributed by atoms with Gasteiger partial charge in [0.15, 0.2) is 0 Å². The van der Waals surface area contributed by atoms with E-state index in [1.165, 1.54) is 0 Å². The number of nitrogens with one attached hydrogen (secondary N) is 1. The highest BCUT2D eigenvalue weighted by atomic mass is 79.9. The van der Waals surface area contributed by atoms with Crippen LogP contribution >= 0.6 is 15.9 Å². The number of benzene rings is 1. The zero-order chi connectivity index (χ0) is 14.8. The Bertz CT molecular complexity index is 547. The van der Waals surface area contributed by atoms with Gasteiger partial charge < -0.3 is 14.8 Å². The third-order valence-electron chi connectivity index (χ3n) is 2.68. The summed E-state index contributed by atoms with van der Waals surface area (Å²) in [6.45, 7) is 6.45. The minimum Gasteiger partial charge on any atom is -0.489 e. The molecule has 2 rings (SSSR count). The molecule has 108 valence electrons. The lowest BCUT2D eigenvalue weighted by Gasteiger charge is -2.22. The summed E-state index contributed by atoms with van der Waals surface area (Å²) in [6, 6.07) is 5.85. The number of amides is 1. The summed E-state index contributed by atoms with van der Waals surface area (Å²) in [7, 11) is 0. The van der Waals surface area contributed by atoms with E-state index >= 15 is 0 Å². The number of ether oxygens (including phenoxy) is 2. The first-order valence-electron chi connectivity index (χ1n) is 6.44. The molecule has 0 atom stereocenters. The number of hydrogen-bond donors (Lipinski definition) is 1. The lowest BCUT2D eigenvalue weighted by molar-refractivity contribution is 0.0535. The molecule has 1 aromatic rings. The van der Waals surface area contributed by atoms with Crippen molar-refractivity contribution in [2.75, 3.05) is 13.2 Å². The van der Waals surface area contributed by atoms with Crippen LogP contribution in [0.3, 0.4) is 0 Å². The fraction of sp³-hybridized carbons (Fsp3) is 0.400. The summed E-state index contributed by atoms with van der Waals surface area (Å²) in [4.78, 5) is 11.7. The Hall–Kier alpha value is -1.49. The Balaban J connectivity index is 2.01. The summed E-state index contributed by atoms with van der Waals surface area (Å²) in [6.07, 6.45) is 1.55. The molecule has 4 nitrogen and oxygen atoms in total. The van der Waals surface area contributed by atoms with Crippen molar-refractivity contribution < 1.29 is 14.3 Å². The molecule has 0 saturated heterocycles. The van der Waals surface area contributed by atoms with Crippen LogP contribution in [0.15, 0.2) is 28.7 Å². The highest BCUT2D eigenvalue weighted by molar-refractivity contribution is 9.10. The predicted octanol–water partition coefficient (Wildman–Crippen LogP) is 3.75. The molecule has 1 heterocycles. The average Bonchev–Trinajstić information content (AvgIpc) is 2.33. The molecule has 0 aliphatic carbocycles. The monoisotopic (exact) mass is 339 g/mol. The molecule has 0 radical (unpaired) electrons. The van der Waals surface area contributed by atoms with Gasteiger partial charge in [-0.25, -0.2) is 4.79 Å². The van der Waals surface area contributed by atoms with Gasteiger partial charge in [0.1, 0.15) is 18.0 Å². The van der Waals surface area contributed by atoms with Gasteiger partial charge in [-0.15, -0.1) is 0 Å². The highest BCUT2D eigenvalue weighted by Gasteiger charge is 2.18. The quantitative estimate of drug-likeness (QED) is 0.892. The Morgan fingerprint density at radius 3 is 2.90 bits per heavy atom. The van der Waals surface area contributed by atoms with Crippen molar-refractivity contribution in [1.29, 1.82) is 0 Å². The molecular weight excluding hydrogens is 322 g/mol. The SMILES string of the molecule is CC(C)(C)OC(=O)NCC1=CCOc2cc(Br)ccc21. The molecule has 0 unspecified atom stereocenters. The molecule has 0 spiro atoms. The zero-order valence-corrected chi connectivity index (χ0v) is 13.4. The maximum absolute atomic E-state index is 11.7. The Morgan fingerprint density at radius 2 is 2.20 bits per heavy atom. The van der Waals surface area contributed by atoms with E-state index in [0.717, 1.165) is 21.4 Å². The fourth-order valence-corrected chi connectivity index (χ4v) is 2.21. The van der Waals surface area contributed by atoms with E-state index in [1.54, 1.807) is 0 Å². The number of carbonyl (C=O) groups is 1. The first-order chi connectivity index (χ1) is 9.35. The van der Waals surface area contributed by atoms with E-state index in [9.17, 15) is 4.79 Å². The normalized spacial score (nSPS) is 13.9. The van der Waals surface area contributed by atoms with Gasteiger partial charge in [-0.3, -0.25) is 0 Å². The summed E-state index contributed by atoms with van der Waals surface area (Å²) >= 11 is 3.42. The van der Waals surface area contributed by atoms with Crippen molar-refractivity contribution in [1.82, 2.24) is 5.32 Å². The zero-order valence-electron chi connectivity index (χ0n) is 11.8. The molecule has 0 bridgehead atoms. The molecule has 1 aliphatic rings. The molecule has 1 aromatic carbocycles. The summed E-state index contributed by atoms with van der Waals surface area (Å²) in [5.74, 6) is 0.822. The smallest absolute Gasteiger partial charge is 0.407 e. The van der Waals surface area contributed by atoms with Crippen LogP contribution in [0, 0.1) is 0 Å². The van der Waals surface area contributed by atoms with Crippen LogP contribution < -0.4 is 10.1 Å². The van der Waals surface area contributed by atoms with Gasteiger partial charge in [0.05, 0.1) is 0 Å². The second-order valence-corrected chi connectivity index (χ2v) is 6.45. The fourth-order valence-electron chi connectivity index (χ4n) is 1.87. The first-order valence-corrected chi connectivity index (χ1v) is 7.23. The van der Waals surface area contributed by atoms with Crippen molar-refractivity contribution in [3.05, 3.63) is 34.3 Å². The number of alkyl carbamates (subject to hydrolysis) is 1. The molecule has 0 aromatic heterocycles. The highest BCUT2D eigenvalue weighted by Crippen LogP contribution is 2.31. The van der Waals surface area contributed by atoms with Crippen LogP contribution in [0.1, 0.15) is 26.3 Å². The lowest BCUT2D eigenvalue weighted by Crippen LogP contribution is -2.33. The van der Waals surface area contributed by atoms with Crippen LogP contribution in [0.2, 0.25) is 0 Å². The van der Waals surface area contributed by atoms with Gasteiger partial charge in [-0.05, 0) is 50.6 Å². The molecular formula is C15H18BrNO3. The van der Waals surface area contributed by atoms with Crippen molar-refractivity contribution in [2.24, 2.45) is 0 Å². The first kappa shape index (κ1) is 14.9. The molecule has 0 saturated carbocycles. The second kappa shape index (κ2) is 5.87. The van der Waals surface area contributed by atoms with Gasteiger partial charge in [0.25, 0.3) is 0 Å².